The Labute approximate surface area is 186 Å². The van der Waals surface area contributed by atoms with Gasteiger partial charge in [-0.25, -0.2) is 0 Å². The van der Waals surface area contributed by atoms with Gasteiger partial charge in [-0.05, 0) is 57.1 Å². The van der Waals surface area contributed by atoms with Crippen LogP contribution in [0.25, 0.3) is 0 Å². The summed E-state index contributed by atoms with van der Waals surface area (Å²) in [7, 11) is 0. The quantitative estimate of drug-likeness (QED) is 0.743. The first-order chi connectivity index (χ1) is 14.9. The van der Waals surface area contributed by atoms with Gasteiger partial charge in [0.1, 0.15) is 0 Å². The minimum absolute atomic E-state index is 0.0772. The van der Waals surface area contributed by atoms with Crippen molar-refractivity contribution in [1.82, 2.24) is 10.2 Å². The minimum atomic E-state index is -0.343. The van der Waals surface area contributed by atoms with Gasteiger partial charge in [0.25, 0.3) is 0 Å². The summed E-state index contributed by atoms with van der Waals surface area (Å²) in [5.41, 5.74) is 4.33. The molecule has 2 amide bonds. The lowest BCUT2D eigenvalue weighted by Gasteiger charge is -2.35. The maximum atomic E-state index is 13.2. The lowest BCUT2D eigenvalue weighted by Crippen LogP contribution is -2.49. The Morgan fingerprint density at radius 1 is 1.03 bits per heavy atom. The van der Waals surface area contributed by atoms with E-state index in [1.54, 1.807) is 0 Å². The fourth-order valence-corrected chi connectivity index (χ4v) is 5.05. The Kier molecular flexibility index (Phi) is 6.17. The minimum Gasteiger partial charge on any atom is -0.352 e. The number of hydrogen-bond acceptors (Lipinski definition) is 2. The van der Waals surface area contributed by atoms with Gasteiger partial charge in [-0.2, -0.15) is 0 Å². The number of nitrogens with one attached hydrogen (secondary N) is 1. The molecule has 1 N–H and O–H groups in total. The van der Waals surface area contributed by atoms with Gasteiger partial charge in [0.05, 0.1) is 11.3 Å². The molecule has 0 spiro atoms. The molecule has 2 aromatic carbocycles. The van der Waals surface area contributed by atoms with Crippen molar-refractivity contribution in [2.75, 3.05) is 13.1 Å². The Morgan fingerprint density at radius 3 is 2.19 bits per heavy atom. The number of piperidine rings is 1. The molecule has 0 radical (unpaired) electrons. The molecule has 1 aliphatic heterocycles. The SMILES string of the molecule is CCC(C(=O)N1CCC(NC(=O)C2(c3cc(C)cc(C)c3)CC2)CC1)c1ccccc1. The van der Waals surface area contributed by atoms with Crippen LogP contribution < -0.4 is 5.32 Å². The molecule has 2 aromatic rings. The first-order valence-electron chi connectivity index (χ1n) is 11.7. The average molecular weight is 419 g/mol. The predicted octanol–water partition coefficient (Wildman–Crippen LogP) is 4.64. The number of likely N-dealkylation sites (tertiary alicyclic amines) is 1. The van der Waals surface area contributed by atoms with Gasteiger partial charge < -0.3 is 10.2 Å². The highest BCUT2D eigenvalue weighted by molar-refractivity contribution is 5.91. The molecule has 0 aromatic heterocycles. The summed E-state index contributed by atoms with van der Waals surface area (Å²) in [6.45, 7) is 7.68. The third-order valence-corrected chi connectivity index (χ3v) is 7.01. The fraction of sp³-hybridized carbons (Fsp3) is 0.481. The number of aryl methyl sites for hydroxylation is 2. The Hall–Kier alpha value is -2.62. The third kappa shape index (κ3) is 4.53. The summed E-state index contributed by atoms with van der Waals surface area (Å²) in [5, 5.41) is 3.32. The summed E-state index contributed by atoms with van der Waals surface area (Å²) < 4.78 is 0. The summed E-state index contributed by atoms with van der Waals surface area (Å²) in [6, 6.07) is 16.7. The third-order valence-electron chi connectivity index (χ3n) is 7.01. The molecule has 4 heteroatoms. The van der Waals surface area contributed by atoms with E-state index in [9.17, 15) is 9.59 Å². The van der Waals surface area contributed by atoms with Crippen LogP contribution in [0.2, 0.25) is 0 Å². The number of rotatable bonds is 6. The van der Waals surface area contributed by atoms with Crippen LogP contribution >= 0.6 is 0 Å². The van der Waals surface area contributed by atoms with Crippen LogP contribution in [-0.4, -0.2) is 35.8 Å². The predicted molar refractivity (Wildman–Crippen MR) is 124 cm³/mol. The van der Waals surface area contributed by atoms with Crippen molar-refractivity contribution < 1.29 is 9.59 Å². The van der Waals surface area contributed by atoms with Gasteiger partial charge in [-0.15, -0.1) is 0 Å². The molecule has 2 aliphatic rings. The smallest absolute Gasteiger partial charge is 0.230 e. The second-order valence-corrected chi connectivity index (χ2v) is 9.40. The van der Waals surface area contributed by atoms with Gasteiger partial charge in [0, 0.05) is 19.1 Å². The summed E-state index contributed by atoms with van der Waals surface area (Å²) >= 11 is 0. The largest absolute Gasteiger partial charge is 0.352 e. The Balaban J connectivity index is 1.35. The van der Waals surface area contributed by atoms with Gasteiger partial charge in [0.15, 0.2) is 0 Å². The fourth-order valence-electron chi connectivity index (χ4n) is 5.05. The first kappa shape index (κ1) is 21.6. The molecule has 164 valence electrons. The summed E-state index contributed by atoms with van der Waals surface area (Å²) in [4.78, 5) is 28.3. The molecule has 4 rings (SSSR count). The second-order valence-electron chi connectivity index (χ2n) is 9.40. The van der Waals surface area contributed by atoms with Crippen molar-refractivity contribution in [1.29, 1.82) is 0 Å². The summed E-state index contributed by atoms with van der Waals surface area (Å²) in [6.07, 6.45) is 4.30. The number of benzene rings is 2. The zero-order valence-electron chi connectivity index (χ0n) is 19.0. The first-order valence-corrected chi connectivity index (χ1v) is 11.7. The molecule has 1 atom stereocenters. The number of carbonyl (C=O) groups excluding carboxylic acids is 2. The molecular weight excluding hydrogens is 384 g/mol. The standard InChI is InChI=1S/C27H34N2O2/c1-4-24(21-8-6-5-7-9-21)25(30)29-14-10-23(11-15-29)28-26(31)27(12-13-27)22-17-19(2)16-20(3)18-22/h5-9,16-18,23-24H,4,10-15H2,1-3H3,(H,28,31). The van der Waals surface area contributed by atoms with Crippen LogP contribution in [0, 0.1) is 13.8 Å². The van der Waals surface area contributed by atoms with E-state index < -0.39 is 0 Å². The van der Waals surface area contributed by atoms with Crippen molar-refractivity contribution in [3.63, 3.8) is 0 Å². The lowest BCUT2D eigenvalue weighted by molar-refractivity contribution is -0.134. The number of hydrogen-bond donors (Lipinski definition) is 1. The number of nitrogens with zero attached hydrogens (tertiary/aromatic N) is 1. The Morgan fingerprint density at radius 2 is 1.65 bits per heavy atom. The van der Waals surface area contributed by atoms with Crippen molar-refractivity contribution in [2.45, 2.75) is 70.3 Å². The van der Waals surface area contributed by atoms with E-state index >= 15 is 0 Å². The molecule has 1 saturated heterocycles. The molecule has 31 heavy (non-hydrogen) atoms. The highest BCUT2D eigenvalue weighted by Gasteiger charge is 2.51. The van der Waals surface area contributed by atoms with Gasteiger partial charge >= 0.3 is 0 Å². The van der Waals surface area contributed by atoms with Gasteiger partial charge in [-0.1, -0.05) is 66.6 Å². The molecule has 4 nitrogen and oxygen atoms in total. The maximum absolute atomic E-state index is 13.2. The highest BCUT2D eigenvalue weighted by Crippen LogP contribution is 2.49. The molecule has 0 bridgehead atoms. The second kappa shape index (κ2) is 8.86. The monoisotopic (exact) mass is 418 g/mol. The number of carbonyl (C=O) groups is 2. The van der Waals surface area contributed by atoms with Crippen molar-refractivity contribution in [3.8, 4) is 0 Å². The van der Waals surface area contributed by atoms with E-state index in [2.05, 4.69) is 44.3 Å². The zero-order valence-corrected chi connectivity index (χ0v) is 19.0. The van der Waals surface area contributed by atoms with Crippen LogP contribution in [0.4, 0.5) is 0 Å². The van der Waals surface area contributed by atoms with Crippen LogP contribution in [0.5, 0.6) is 0 Å². The van der Waals surface area contributed by atoms with Crippen LogP contribution in [-0.2, 0) is 15.0 Å². The molecule has 1 aliphatic carbocycles. The maximum Gasteiger partial charge on any atom is 0.230 e. The van der Waals surface area contributed by atoms with E-state index in [0.29, 0.717) is 13.1 Å². The molecule has 1 heterocycles. The number of amides is 2. The average Bonchev–Trinajstić information content (AvgIpc) is 3.57. The van der Waals surface area contributed by atoms with Crippen molar-refractivity contribution in [2.24, 2.45) is 0 Å². The molecule has 2 fully saturated rings. The topological polar surface area (TPSA) is 49.4 Å². The Bertz CT molecular complexity index is 921. The molecular formula is C27H34N2O2. The summed E-state index contributed by atoms with van der Waals surface area (Å²) in [5.74, 6) is 0.303. The highest BCUT2D eigenvalue weighted by atomic mass is 16.2. The van der Waals surface area contributed by atoms with E-state index in [1.807, 2.05) is 35.2 Å². The van der Waals surface area contributed by atoms with E-state index in [1.165, 1.54) is 11.1 Å². The van der Waals surface area contributed by atoms with Crippen LogP contribution in [0.15, 0.2) is 48.5 Å². The van der Waals surface area contributed by atoms with Crippen molar-refractivity contribution in [3.05, 3.63) is 70.8 Å². The zero-order chi connectivity index (χ0) is 22.0. The molecule has 1 saturated carbocycles. The van der Waals surface area contributed by atoms with E-state index in [-0.39, 0.29) is 29.2 Å². The van der Waals surface area contributed by atoms with Crippen LogP contribution in [0.3, 0.4) is 0 Å². The lowest BCUT2D eigenvalue weighted by atomic mass is 9.91. The normalized spacial score (nSPS) is 19.0. The van der Waals surface area contributed by atoms with E-state index in [4.69, 9.17) is 0 Å². The van der Waals surface area contributed by atoms with Gasteiger partial charge in [-0.3, -0.25) is 9.59 Å². The van der Waals surface area contributed by atoms with Crippen LogP contribution in [0.1, 0.15) is 67.2 Å². The molecule has 1 unspecified atom stereocenters. The van der Waals surface area contributed by atoms with Crippen molar-refractivity contribution >= 4 is 11.8 Å². The van der Waals surface area contributed by atoms with E-state index in [0.717, 1.165) is 43.2 Å². The van der Waals surface area contributed by atoms with Gasteiger partial charge in [0.2, 0.25) is 11.8 Å².